The Kier molecular flexibility index (Phi) is 11.9. The van der Waals surface area contributed by atoms with Crippen LogP contribution in [0, 0.1) is 6.92 Å². The third-order valence-electron chi connectivity index (χ3n) is 20.8. The third-order valence-corrected chi connectivity index (χ3v) is 20.8. The minimum atomic E-state index is -0.211. The molecule has 0 saturated heterocycles. The van der Waals surface area contributed by atoms with Crippen LogP contribution in [0.1, 0.15) is 206 Å². The third kappa shape index (κ3) is 8.55. The predicted molar refractivity (Wildman–Crippen MR) is 360 cm³/mol. The maximum absolute atomic E-state index is 2.72. The monoisotopic (exact) mass is 1090 g/mol. The van der Waals surface area contributed by atoms with Crippen LogP contribution in [-0.4, -0.2) is 6.71 Å². The van der Waals surface area contributed by atoms with Gasteiger partial charge in [-0.3, -0.25) is 0 Å². The second-order valence-electron chi connectivity index (χ2n) is 32.2. The van der Waals surface area contributed by atoms with Gasteiger partial charge in [0, 0.05) is 56.5 Å². The summed E-state index contributed by atoms with van der Waals surface area (Å²) in [6.07, 6.45) is 3.46. The predicted octanol–water partition coefficient (Wildman–Crippen LogP) is 20.1. The average molecular weight is 1090 g/mol. The van der Waals surface area contributed by atoms with Gasteiger partial charge in [-0.2, -0.15) is 0 Å². The summed E-state index contributed by atoms with van der Waals surface area (Å²) in [5.41, 5.74) is 31.8. The van der Waals surface area contributed by atoms with Gasteiger partial charge in [-0.25, -0.2) is 0 Å². The highest BCUT2D eigenvalue weighted by atomic mass is 15.2. The molecule has 0 atom stereocenters. The molecule has 2 aliphatic heterocycles. The highest BCUT2D eigenvalue weighted by Crippen LogP contribution is 2.58. The molecule has 0 N–H and O–H groups in total. The number of hydrogen-bond acceptors (Lipinski definition) is 3. The van der Waals surface area contributed by atoms with Gasteiger partial charge in [-0.15, -0.1) is 0 Å². The van der Waals surface area contributed by atoms with Crippen LogP contribution in [0.2, 0.25) is 0 Å². The van der Waals surface area contributed by atoms with E-state index in [9.17, 15) is 0 Å². The van der Waals surface area contributed by atoms with E-state index in [2.05, 4.69) is 299 Å². The molecule has 8 aromatic carbocycles. The van der Waals surface area contributed by atoms with Gasteiger partial charge < -0.3 is 14.7 Å². The van der Waals surface area contributed by atoms with Crippen LogP contribution < -0.4 is 31.1 Å². The number of benzene rings is 8. The van der Waals surface area contributed by atoms with Crippen molar-refractivity contribution >= 4 is 74.3 Å². The molecule has 8 aromatic rings. The zero-order chi connectivity index (χ0) is 59.3. The maximum Gasteiger partial charge on any atom is 0.252 e. The van der Waals surface area contributed by atoms with E-state index >= 15 is 0 Å². The lowest BCUT2D eigenvalue weighted by molar-refractivity contribution is 0.332. The van der Waals surface area contributed by atoms with Crippen molar-refractivity contribution in [1.82, 2.24) is 0 Å². The van der Waals surface area contributed by atoms with Crippen molar-refractivity contribution in [3.05, 3.63) is 201 Å². The molecule has 2 heterocycles. The Morgan fingerprint density at radius 2 is 0.916 bits per heavy atom. The fourth-order valence-corrected chi connectivity index (χ4v) is 16.1. The minimum absolute atomic E-state index is 0.00706. The van der Waals surface area contributed by atoms with Crippen LogP contribution in [0.4, 0.5) is 51.2 Å². The summed E-state index contributed by atoms with van der Waals surface area (Å²) in [6.45, 7) is 47.9. The molecule has 13 rings (SSSR count). The Morgan fingerprint density at radius 3 is 1.51 bits per heavy atom. The first-order chi connectivity index (χ1) is 38.7. The van der Waals surface area contributed by atoms with E-state index in [4.69, 9.17) is 0 Å². The summed E-state index contributed by atoms with van der Waals surface area (Å²) >= 11 is 0. The van der Waals surface area contributed by atoms with Crippen molar-refractivity contribution in [2.45, 2.75) is 201 Å². The van der Waals surface area contributed by atoms with Crippen LogP contribution >= 0.6 is 0 Å². The zero-order valence-corrected chi connectivity index (χ0v) is 53.9. The maximum atomic E-state index is 2.72. The molecule has 0 unspecified atom stereocenters. The van der Waals surface area contributed by atoms with Crippen molar-refractivity contribution in [2.75, 3.05) is 14.7 Å². The molecule has 3 aliphatic carbocycles. The fourth-order valence-electron chi connectivity index (χ4n) is 16.1. The van der Waals surface area contributed by atoms with E-state index in [-0.39, 0.29) is 50.0 Å². The molecule has 0 fully saturated rings. The first kappa shape index (κ1) is 55.4. The van der Waals surface area contributed by atoms with Gasteiger partial charge in [-0.05, 0) is 214 Å². The summed E-state index contributed by atoms with van der Waals surface area (Å²) < 4.78 is 0. The SMILES string of the molecule is Cc1cc2c3c(c1)N(c1cccc4c1-c1ccc(C(C)(C)C)cc1C4(C)C)c1cc(N(c4ccc(C(C)(C)C)cc4)c4ccc(C(C)(C)C)cc4)ccc1B3c1cc3c(cc1N2c1ccc2c(c1)C(C)(C)CCC2(C)C)C(C)(C)CC3(C)C. The minimum Gasteiger partial charge on any atom is -0.311 e. The largest absolute Gasteiger partial charge is 0.311 e. The Bertz CT molecular complexity index is 3930. The van der Waals surface area contributed by atoms with Crippen molar-refractivity contribution in [3.63, 3.8) is 0 Å². The van der Waals surface area contributed by atoms with E-state index in [1.165, 1.54) is 130 Å². The summed E-state index contributed by atoms with van der Waals surface area (Å²) in [7, 11) is 0. The summed E-state index contributed by atoms with van der Waals surface area (Å²) in [6, 6.07) is 58.8. The Labute approximate surface area is 499 Å². The van der Waals surface area contributed by atoms with E-state index in [0.717, 1.165) is 23.5 Å². The van der Waals surface area contributed by atoms with E-state index in [1.807, 2.05) is 0 Å². The van der Waals surface area contributed by atoms with E-state index < -0.39 is 0 Å². The highest BCUT2D eigenvalue weighted by molar-refractivity contribution is 7.00. The van der Waals surface area contributed by atoms with E-state index in [1.54, 1.807) is 0 Å². The Balaban J connectivity index is 1.13. The van der Waals surface area contributed by atoms with Gasteiger partial charge in [0.1, 0.15) is 0 Å². The smallest absolute Gasteiger partial charge is 0.252 e. The molecule has 83 heavy (non-hydrogen) atoms. The van der Waals surface area contributed by atoms with Crippen molar-refractivity contribution < 1.29 is 0 Å². The number of nitrogens with zero attached hydrogens (tertiary/aromatic N) is 3. The molecule has 3 nitrogen and oxygen atoms in total. The van der Waals surface area contributed by atoms with Crippen LogP contribution in [-0.2, 0) is 43.3 Å². The number of rotatable bonds is 5. The van der Waals surface area contributed by atoms with Crippen LogP contribution in [0.25, 0.3) is 11.1 Å². The number of fused-ring (bicyclic) bond motifs is 9. The first-order valence-electron chi connectivity index (χ1n) is 31.2. The Morgan fingerprint density at radius 1 is 0.398 bits per heavy atom. The molecule has 0 bridgehead atoms. The second-order valence-corrected chi connectivity index (χ2v) is 32.2. The highest BCUT2D eigenvalue weighted by Gasteiger charge is 2.50. The summed E-state index contributed by atoms with van der Waals surface area (Å²) in [5.74, 6) is 0. The number of hydrogen-bond donors (Lipinski definition) is 0. The number of anilines is 9. The normalized spacial score (nSPS) is 18.1. The lowest BCUT2D eigenvalue weighted by Crippen LogP contribution is -2.61. The molecule has 5 aliphatic rings. The summed E-state index contributed by atoms with van der Waals surface area (Å²) in [4.78, 5) is 7.93. The molecular weight excluding hydrogens is 1000 g/mol. The Hall–Kier alpha value is -6.78. The quantitative estimate of drug-likeness (QED) is 0.159. The van der Waals surface area contributed by atoms with Gasteiger partial charge >= 0.3 is 0 Å². The lowest BCUT2D eigenvalue weighted by atomic mass is 9.33. The summed E-state index contributed by atoms with van der Waals surface area (Å²) in [5, 5.41) is 0. The van der Waals surface area contributed by atoms with Crippen molar-refractivity contribution in [1.29, 1.82) is 0 Å². The molecule has 0 saturated carbocycles. The van der Waals surface area contributed by atoms with Gasteiger partial charge in [0.15, 0.2) is 0 Å². The first-order valence-corrected chi connectivity index (χ1v) is 31.2. The second kappa shape index (κ2) is 17.9. The average Bonchev–Trinajstić information content (AvgIpc) is 1.72. The zero-order valence-electron chi connectivity index (χ0n) is 53.9. The van der Waals surface area contributed by atoms with Gasteiger partial charge in [-0.1, -0.05) is 204 Å². The van der Waals surface area contributed by atoms with Crippen LogP contribution in [0.15, 0.2) is 146 Å². The van der Waals surface area contributed by atoms with E-state index in [0.29, 0.717) is 0 Å². The molecule has 0 spiro atoms. The van der Waals surface area contributed by atoms with Gasteiger partial charge in [0.05, 0.1) is 5.69 Å². The van der Waals surface area contributed by atoms with Crippen molar-refractivity contribution in [3.8, 4) is 11.1 Å². The molecule has 0 amide bonds. The van der Waals surface area contributed by atoms with Crippen LogP contribution in [0.3, 0.4) is 0 Å². The lowest BCUT2D eigenvalue weighted by Gasteiger charge is -2.46. The van der Waals surface area contributed by atoms with Gasteiger partial charge in [0.2, 0.25) is 0 Å². The fraction of sp³-hybridized carbons (Fsp3) is 0.392. The molecular formula is C79H90BN3. The standard InChI is InChI=1S/C79H90BN3/c1-48-40-68-71-69(41-48)83(65-23-21-22-58-70(65)56-35-28-51(74(8,9)10)42-59(56)79(58,19)20)66-44-55(81(52-29-24-49(25-30-52)72(2,3)4)53-31-26-50(27-32-53)73(5,6)7)34-37-63(66)80(71)64-45-61-62(78(17,18)47-77(61,15)16)46-67(64)82(68)54-33-36-57-60(43-54)76(13,14)39-38-75(57,11)12/h21-37,40-46H,38-39,47H2,1-20H3. The van der Waals surface area contributed by atoms with Crippen molar-refractivity contribution in [2.24, 2.45) is 0 Å². The topological polar surface area (TPSA) is 9.72 Å². The van der Waals surface area contributed by atoms with Crippen LogP contribution in [0.5, 0.6) is 0 Å². The number of aryl methyl sites for hydroxylation is 1. The molecule has 0 aromatic heterocycles. The molecule has 4 heteroatoms. The van der Waals surface area contributed by atoms with Gasteiger partial charge in [0.25, 0.3) is 6.71 Å². The molecule has 0 radical (unpaired) electrons. The molecule has 424 valence electrons.